The molecule has 8 nitrogen and oxygen atoms in total. The summed E-state index contributed by atoms with van der Waals surface area (Å²) in [5, 5.41) is 13.5. The normalized spacial score (nSPS) is 11.4. The van der Waals surface area contributed by atoms with Crippen LogP contribution in [0.4, 0.5) is 11.4 Å². The van der Waals surface area contributed by atoms with Crippen LogP contribution in [0.2, 0.25) is 0 Å². The lowest BCUT2D eigenvalue weighted by Gasteiger charge is -2.18. The number of sulfonamides is 1. The molecule has 0 aliphatic rings. The van der Waals surface area contributed by atoms with E-state index >= 15 is 0 Å². The standard InChI is InChI=1S/C18H21N3O5S/c1-12-8-9-15(10-13(12)2)27(25,26)20(4)11-18(22)19-16-6-5-7-17(14(16)3)21(23)24/h5-10H,11H2,1-4H3,(H,19,22). The Morgan fingerprint density at radius 3 is 2.41 bits per heavy atom. The van der Waals surface area contributed by atoms with Crippen molar-refractivity contribution in [3.05, 3.63) is 63.2 Å². The quantitative estimate of drug-likeness (QED) is 0.601. The van der Waals surface area contributed by atoms with Crippen LogP contribution < -0.4 is 5.32 Å². The SMILES string of the molecule is Cc1ccc(S(=O)(=O)N(C)CC(=O)Nc2cccc([N+](=O)[O-])c2C)cc1C. The molecule has 0 radical (unpaired) electrons. The Labute approximate surface area is 158 Å². The van der Waals surface area contributed by atoms with Crippen molar-refractivity contribution < 1.29 is 18.1 Å². The number of hydrogen-bond acceptors (Lipinski definition) is 5. The first kappa shape index (κ1) is 20.5. The van der Waals surface area contributed by atoms with Gasteiger partial charge in [0.15, 0.2) is 0 Å². The van der Waals surface area contributed by atoms with E-state index < -0.39 is 27.4 Å². The molecule has 1 amide bonds. The average molecular weight is 391 g/mol. The van der Waals surface area contributed by atoms with Gasteiger partial charge in [-0.05, 0) is 50.1 Å². The first-order chi connectivity index (χ1) is 12.5. The third-order valence-electron chi connectivity index (χ3n) is 4.33. The zero-order valence-corrected chi connectivity index (χ0v) is 16.3. The van der Waals surface area contributed by atoms with Gasteiger partial charge in [-0.2, -0.15) is 4.31 Å². The molecule has 0 bridgehead atoms. The Bertz CT molecular complexity index is 1000. The van der Waals surface area contributed by atoms with E-state index in [1.54, 1.807) is 12.1 Å². The molecule has 144 valence electrons. The third kappa shape index (κ3) is 4.50. The van der Waals surface area contributed by atoms with Crippen molar-refractivity contribution in [2.75, 3.05) is 18.9 Å². The zero-order chi connectivity index (χ0) is 20.4. The van der Waals surface area contributed by atoms with Crippen LogP contribution in [0, 0.1) is 30.9 Å². The van der Waals surface area contributed by atoms with Gasteiger partial charge in [-0.15, -0.1) is 0 Å². The van der Waals surface area contributed by atoms with Gasteiger partial charge in [0, 0.05) is 13.1 Å². The molecule has 0 spiro atoms. The third-order valence-corrected chi connectivity index (χ3v) is 6.13. The summed E-state index contributed by atoms with van der Waals surface area (Å²) in [6, 6.07) is 9.08. The number of carbonyl (C=O) groups excluding carboxylic acids is 1. The van der Waals surface area contributed by atoms with Crippen molar-refractivity contribution in [1.29, 1.82) is 0 Å². The molecule has 2 aromatic carbocycles. The first-order valence-electron chi connectivity index (χ1n) is 8.11. The molecular formula is C18H21N3O5S. The summed E-state index contributed by atoms with van der Waals surface area (Å²) >= 11 is 0. The van der Waals surface area contributed by atoms with E-state index in [9.17, 15) is 23.3 Å². The largest absolute Gasteiger partial charge is 0.324 e. The van der Waals surface area contributed by atoms with Crippen LogP contribution in [-0.4, -0.2) is 37.1 Å². The second kappa shape index (κ2) is 7.85. The monoisotopic (exact) mass is 391 g/mol. The van der Waals surface area contributed by atoms with Crippen LogP contribution in [0.5, 0.6) is 0 Å². The van der Waals surface area contributed by atoms with Crippen molar-refractivity contribution in [2.24, 2.45) is 0 Å². The van der Waals surface area contributed by atoms with Crippen LogP contribution in [0.25, 0.3) is 0 Å². The van der Waals surface area contributed by atoms with Crippen LogP contribution in [-0.2, 0) is 14.8 Å². The predicted octanol–water partition coefficient (Wildman–Crippen LogP) is 2.78. The van der Waals surface area contributed by atoms with Gasteiger partial charge in [0.1, 0.15) is 0 Å². The fourth-order valence-electron chi connectivity index (χ4n) is 2.49. The maximum atomic E-state index is 12.7. The number of nitrogens with zero attached hydrogens (tertiary/aromatic N) is 2. The van der Waals surface area contributed by atoms with E-state index in [4.69, 9.17) is 0 Å². The number of nitro groups is 1. The van der Waals surface area contributed by atoms with Gasteiger partial charge < -0.3 is 5.32 Å². The number of likely N-dealkylation sites (N-methyl/N-ethyl adjacent to an activating group) is 1. The number of benzene rings is 2. The zero-order valence-electron chi connectivity index (χ0n) is 15.5. The molecule has 0 aromatic heterocycles. The summed E-state index contributed by atoms with van der Waals surface area (Å²) in [4.78, 5) is 22.8. The lowest BCUT2D eigenvalue weighted by molar-refractivity contribution is -0.385. The Balaban J connectivity index is 2.17. The van der Waals surface area contributed by atoms with Crippen molar-refractivity contribution in [3.8, 4) is 0 Å². The number of rotatable bonds is 6. The Hall–Kier alpha value is -2.78. The summed E-state index contributed by atoms with van der Waals surface area (Å²) in [5.41, 5.74) is 2.25. The summed E-state index contributed by atoms with van der Waals surface area (Å²) < 4.78 is 26.2. The minimum absolute atomic E-state index is 0.104. The van der Waals surface area contributed by atoms with E-state index in [1.165, 1.54) is 38.2 Å². The number of amides is 1. The van der Waals surface area contributed by atoms with Gasteiger partial charge in [0.2, 0.25) is 15.9 Å². The fourth-order valence-corrected chi connectivity index (χ4v) is 3.70. The molecule has 0 unspecified atom stereocenters. The molecule has 2 rings (SSSR count). The number of hydrogen-bond donors (Lipinski definition) is 1. The molecule has 0 heterocycles. The van der Waals surface area contributed by atoms with Crippen molar-refractivity contribution in [3.63, 3.8) is 0 Å². The average Bonchev–Trinajstić information content (AvgIpc) is 2.58. The molecule has 0 fully saturated rings. The van der Waals surface area contributed by atoms with Gasteiger partial charge in [0.05, 0.1) is 27.6 Å². The Morgan fingerprint density at radius 1 is 1.15 bits per heavy atom. The number of carbonyl (C=O) groups is 1. The minimum atomic E-state index is -3.83. The molecular weight excluding hydrogens is 370 g/mol. The van der Waals surface area contributed by atoms with E-state index in [-0.39, 0.29) is 16.3 Å². The molecule has 0 aliphatic heterocycles. The maximum absolute atomic E-state index is 12.7. The smallest absolute Gasteiger partial charge is 0.274 e. The van der Waals surface area contributed by atoms with E-state index in [2.05, 4.69) is 5.32 Å². The second-order valence-corrected chi connectivity index (χ2v) is 8.31. The minimum Gasteiger partial charge on any atom is -0.324 e. The molecule has 0 saturated carbocycles. The topological polar surface area (TPSA) is 110 Å². The highest BCUT2D eigenvalue weighted by Crippen LogP contribution is 2.25. The summed E-state index contributed by atoms with van der Waals surface area (Å²) in [5.74, 6) is -0.589. The van der Waals surface area contributed by atoms with E-state index in [1.807, 2.05) is 13.8 Å². The van der Waals surface area contributed by atoms with Crippen LogP contribution in [0.3, 0.4) is 0 Å². The Morgan fingerprint density at radius 2 is 1.81 bits per heavy atom. The van der Waals surface area contributed by atoms with Gasteiger partial charge in [-0.25, -0.2) is 8.42 Å². The molecule has 0 saturated heterocycles. The van der Waals surface area contributed by atoms with E-state index in [0.717, 1.165) is 15.4 Å². The van der Waals surface area contributed by atoms with Crippen LogP contribution in [0.15, 0.2) is 41.3 Å². The molecule has 2 aromatic rings. The van der Waals surface area contributed by atoms with Gasteiger partial charge in [-0.3, -0.25) is 14.9 Å². The predicted molar refractivity (Wildman–Crippen MR) is 102 cm³/mol. The molecule has 0 aliphatic carbocycles. The number of anilines is 1. The summed E-state index contributed by atoms with van der Waals surface area (Å²) in [7, 11) is -2.52. The molecule has 1 N–H and O–H groups in total. The van der Waals surface area contributed by atoms with Crippen molar-refractivity contribution in [1.82, 2.24) is 4.31 Å². The first-order valence-corrected chi connectivity index (χ1v) is 9.55. The van der Waals surface area contributed by atoms with Crippen molar-refractivity contribution in [2.45, 2.75) is 25.7 Å². The van der Waals surface area contributed by atoms with Crippen molar-refractivity contribution >= 4 is 27.3 Å². The number of nitro benzene ring substituents is 1. The highest BCUT2D eigenvalue weighted by molar-refractivity contribution is 7.89. The molecule has 27 heavy (non-hydrogen) atoms. The fraction of sp³-hybridized carbons (Fsp3) is 0.278. The summed E-state index contributed by atoms with van der Waals surface area (Å²) in [6.45, 7) is 4.79. The highest BCUT2D eigenvalue weighted by atomic mass is 32.2. The highest BCUT2D eigenvalue weighted by Gasteiger charge is 2.24. The summed E-state index contributed by atoms with van der Waals surface area (Å²) in [6.07, 6.45) is 0. The second-order valence-electron chi connectivity index (χ2n) is 6.26. The van der Waals surface area contributed by atoms with Gasteiger partial charge in [0.25, 0.3) is 5.69 Å². The van der Waals surface area contributed by atoms with Crippen LogP contribution in [0.1, 0.15) is 16.7 Å². The van der Waals surface area contributed by atoms with Gasteiger partial charge >= 0.3 is 0 Å². The lowest BCUT2D eigenvalue weighted by atomic mass is 10.1. The number of aryl methyl sites for hydroxylation is 2. The maximum Gasteiger partial charge on any atom is 0.274 e. The lowest BCUT2D eigenvalue weighted by Crippen LogP contribution is -2.35. The van der Waals surface area contributed by atoms with E-state index in [0.29, 0.717) is 5.56 Å². The van der Waals surface area contributed by atoms with Gasteiger partial charge in [-0.1, -0.05) is 12.1 Å². The molecule has 0 atom stereocenters. The molecule has 9 heteroatoms. The Kier molecular flexibility index (Phi) is 5.97. The van der Waals surface area contributed by atoms with Crippen LogP contribution >= 0.6 is 0 Å². The number of nitrogens with one attached hydrogen (secondary N) is 1.